The third kappa shape index (κ3) is 4.51. The van der Waals surface area contributed by atoms with Crippen molar-refractivity contribution in [2.75, 3.05) is 39.1 Å². The first-order chi connectivity index (χ1) is 10.1. The fourth-order valence-electron chi connectivity index (χ4n) is 3.14. The highest BCUT2D eigenvalue weighted by Crippen LogP contribution is 2.23. The molecule has 1 aromatic rings. The molecule has 2 heteroatoms. The van der Waals surface area contributed by atoms with Gasteiger partial charge in [-0.05, 0) is 63.9 Å². The van der Waals surface area contributed by atoms with Crippen LogP contribution in [0.15, 0.2) is 18.2 Å². The van der Waals surface area contributed by atoms with Crippen LogP contribution >= 0.6 is 0 Å². The number of nitrogens with zero attached hydrogens (tertiary/aromatic N) is 2. The molecule has 2 rings (SSSR count). The average molecular weight is 284 g/mol. The molecular weight excluding hydrogens is 256 g/mol. The van der Waals surface area contributed by atoms with Crippen molar-refractivity contribution in [3.63, 3.8) is 0 Å². The maximum absolute atomic E-state index is 3.39. The van der Waals surface area contributed by atoms with Gasteiger partial charge >= 0.3 is 0 Å². The Morgan fingerprint density at radius 2 is 1.95 bits per heavy atom. The molecule has 0 radical (unpaired) electrons. The van der Waals surface area contributed by atoms with Gasteiger partial charge in [0, 0.05) is 26.1 Å². The van der Waals surface area contributed by atoms with Gasteiger partial charge in [0.05, 0.1) is 5.69 Å². The zero-order valence-electron chi connectivity index (χ0n) is 13.9. The molecule has 1 aliphatic heterocycles. The van der Waals surface area contributed by atoms with E-state index in [0.717, 1.165) is 17.9 Å². The van der Waals surface area contributed by atoms with Gasteiger partial charge in [0.15, 0.2) is 0 Å². The number of anilines is 1. The number of hydrogen-bond acceptors (Lipinski definition) is 2. The Morgan fingerprint density at radius 1 is 1.24 bits per heavy atom. The van der Waals surface area contributed by atoms with E-state index in [-0.39, 0.29) is 0 Å². The fraction of sp³-hybridized carbons (Fsp3) is 0.579. The highest BCUT2D eigenvalue weighted by molar-refractivity contribution is 5.64. The van der Waals surface area contributed by atoms with Crippen molar-refractivity contribution >= 4 is 5.69 Å². The normalized spacial score (nSPS) is 16.4. The number of para-hydroxylation sites is 1. The Bertz CT molecular complexity index is 514. The van der Waals surface area contributed by atoms with Crippen LogP contribution in [0.1, 0.15) is 36.8 Å². The average Bonchev–Trinajstić information content (AvgIpc) is 2.45. The second kappa shape index (κ2) is 7.52. The maximum Gasteiger partial charge on any atom is 0.0549 e. The van der Waals surface area contributed by atoms with E-state index in [2.05, 4.69) is 67.9 Å². The van der Waals surface area contributed by atoms with Gasteiger partial charge < -0.3 is 9.80 Å². The Hall–Kier alpha value is -1.46. The molecule has 1 fully saturated rings. The van der Waals surface area contributed by atoms with Crippen molar-refractivity contribution in [1.82, 2.24) is 4.90 Å². The summed E-state index contributed by atoms with van der Waals surface area (Å²) in [6, 6.07) is 6.38. The summed E-state index contributed by atoms with van der Waals surface area (Å²) in [7, 11) is 6.40. The zero-order valence-corrected chi connectivity index (χ0v) is 13.9. The van der Waals surface area contributed by atoms with Crippen molar-refractivity contribution in [1.29, 1.82) is 0 Å². The van der Waals surface area contributed by atoms with Gasteiger partial charge in [0.1, 0.15) is 0 Å². The molecule has 0 saturated carbocycles. The van der Waals surface area contributed by atoms with Crippen LogP contribution in [0.3, 0.4) is 0 Å². The number of rotatable bonds is 3. The Balaban J connectivity index is 1.93. The molecule has 0 spiro atoms. The second-order valence-corrected chi connectivity index (χ2v) is 6.45. The number of likely N-dealkylation sites (tertiary alicyclic amines) is 1. The van der Waals surface area contributed by atoms with E-state index in [1.165, 1.54) is 43.6 Å². The van der Waals surface area contributed by atoms with E-state index in [1.54, 1.807) is 0 Å². The summed E-state index contributed by atoms with van der Waals surface area (Å²) in [6.45, 7) is 4.65. The van der Waals surface area contributed by atoms with E-state index in [0.29, 0.717) is 0 Å². The smallest absolute Gasteiger partial charge is 0.0549 e. The minimum Gasteiger partial charge on any atom is -0.376 e. The van der Waals surface area contributed by atoms with Crippen molar-refractivity contribution in [2.45, 2.75) is 32.6 Å². The molecule has 0 aromatic heterocycles. The van der Waals surface area contributed by atoms with Crippen LogP contribution in [0.25, 0.3) is 0 Å². The Kier molecular flexibility index (Phi) is 5.70. The Labute approximate surface area is 130 Å². The lowest BCUT2D eigenvalue weighted by Gasteiger charge is -2.28. The first kappa shape index (κ1) is 15.9. The molecule has 0 bridgehead atoms. The van der Waals surface area contributed by atoms with Gasteiger partial charge in [-0.3, -0.25) is 0 Å². The quantitative estimate of drug-likeness (QED) is 0.783. The predicted octanol–water partition coefficient (Wildman–Crippen LogP) is 3.53. The van der Waals surface area contributed by atoms with E-state index in [1.807, 2.05) is 0 Å². The summed E-state index contributed by atoms with van der Waals surface area (Å²) in [5, 5.41) is 0. The molecule has 1 aliphatic rings. The van der Waals surface area contributed by atoms with Crippen LogP contribution in [-0.4, -0.2) is 39.1 Å². The number of aryl methyl sites for hydroxylation is 1. The van der Waals surface area contributed by atoms with Gasteiger partial charge in [0.2, 0.25) is 0 Å². The third-order valence-corrected chi connectivity index (χ3v) is 4.42. The maximum atomic E-state index is 3.39. The second-order valence-electron chi connectivity index (χ2n) is 6.45. The first-order valence-corrected chi connectivity index (χ1v) is 8.02. The molecule has 0 N–H and O–H groups in total. The standard InChI is InChI=1S/C19H28N2/c1-16-8-7-11-18(19(16)20(2)3)10-6-5-9-17-12-14-21(4)15-13-17/h7-8,11,17H,5,9,12-15H2,1-4H3. The molecule has 0 unspecified atom stereocenters. The van der Waals surface area contributed by atoms with Crippen LogP contribution in [0.2, 0.25) is 0 Å². The lowest BCUT2D eigenvalue weighted by atomic mass is 9.92. The summed E-state index contributed by atoms with van der Waals surface area (Å²) in [5.74, 6) is 7.65. The number of piperidine rings is 1. The lowest BCUT2D eigenvalue weighted by molar-refractivity contribution is 0.213. The van der Waals surface area contributed by atoms with Gasteiger partial charge in [-0.1, -0.05) is 24.0 Å². The molecule has 1 heterocycles. The molecular formula is C19H28N2. The van der Waals surface area contributed by atoms with Crippen LogP contribution in [0.5, 0.6) is 0 Å². The number of benzene rings is 1. The van der Waals surface area contributed by atoms with Gasteiger partial charge in [0.25, 0.3) is 0 Å². The van der Waals surface area contributed by atoms with Gasteiger partial charge in [-0.15, -0.1) is 0 Å². The highest BCUT2D eigenvalue weighted by Gasteiger charge is 2.15. The third-order valence-electron chi connectivity index (χ3n) is 4.42. The van der Waals surface area contributed by atoms with Crippen LogP contribution < -0.4 is 4.90 Å². The fourth-order valence-corrected chi connectivity index (χ4v) is 3.14. The Morgan fingerprint density at radius 3 is 2.62 bits per heavy atom. The van der Waals surface area contributed by atoms with Crippen LogP contribution in [0.4, 0.5) is 5.69 Å². The van der Waals surface area contributed by atoms with Crippen molar-refractivity contribution in [3.8, 4) is 11.8 Å². The van der Waals surface area contributed by atoms with E-state index in [4.69, 9.17) is 0 Å². The molecule has 0 amide bonds. The largest absolute Gasteiger partial charge is 0.376 e. The van der Waals surface area contributed by atoms with E-state index >= 15 is 0 Å². The van der Waals surface area contributed by atoms with Crippen LogP contribution in [-0.2, 0) is 0 Å². The monoisotopic (exact) mass is 284 g/mol. The summed E-state index contributed by atoms with van der Waals surface area (Å²) in [6.07, 6.45) is 4.95. The minimum absolute atomic E-state index is 0.876. The summed E-state index contributed by atoms with van der Waals surface area (Å²) < 4.78 is 0. The summed E-state index contributed by atoms with van der Waals surface area (Å²) >= 11 is 0. The SMILES string of the molecule is Cc1cccc(C#CCCC2CCN(C)CC2)c1N(C)C. The summed E-state index contributed by atoms with van der Waals surface area (Å²) in [5.41, 5.74) is 3.70. The molecule has 1 aromatic carbocycles. The van der Waals surface area contributed by atoms with Crippen molar-refractivity contribution < 1.29 is 0 Å². The molecule has 0 aliphatic carbocycles. The predicted molar refractivity (Wildman–Crippen MR) is 91.8 cm³/mol. The molecule has 2 nitrogen and oxygen atoms in total. The van der Waals surface area contributed by atoms with Gasteiger partial charge in [-0.2, -0.15) is 0 Å². The topological polar surface area (TPSA) is 6.48 Å². The lowest BCUT2D eigenvalue weighted by Crippen LogP contribution is -2.30. The van der Waals surface area contributed by atoms with Crippen molar-refractivity contribution in [3.05, 3.63) is 29.3 Å². The van der Waals surface area contributed by atoms with Crippen molar-refractivity contribution in [2.24, 2.45) is 5.92 Å². The van der Waals surface area contributed by atoms with Crippen LogP contribution in [0, 0.1) is 24.7 Å². The first-order valence-electron chi connectivity index (χ1n) is 8.02. The summed E-state index contributed by atoms with van der Waals surface area (Å²) in [4.78, 5) is 4.59. The van der Waals surface area contributed by atoms with E-state index in [9.17, 15) is 0 Å². The van der Waals surface area contributed by atoms with E-state index < -0.39 is 0 Å². The zero-order chi connectivity index (χ0) is 15.2. The van der Waals surface area contributed by atoms with Gasteiger partial charge in [-0.25, -0.2) is 0 Å². The molecule has 1 saturated heterocycles. The molecule has 114 valence electrons. The number of hydrogen-bond donors (Lipinski definition) is 0. The molecule has 0 atom stereocenters. The minimum atomic E-state index is 0.876. The highest BCUT2D eigenvalue weighted by atomic mass is 15.1. The molecule has 21 heavy (non-hydrogen) atoms.